The van der Waals surface area contributed by atoms with Crippen molar-refractivity contribution in [3.05, 3.63) is 23.9 Å². The van der Waals surface area contributed by atoms with Gasteiger partial charge in [-0.25, -0.2) is 4.98 Å². The van der Waals surface area contributed by atoms with Crippen LogP contribution in [0.4, 0.5) is 5.82 Å². The van der Waals surface area contributed by atoms with E-state index in [0.29, 0.717) is 6.04 Å². The van der Waals surface area contributed by atoms with Crippen LogP contribution in [0.3, 0.4) is 0 Å². The molecule has 1 fully saturated rings. The minimum atomic E-state index is -0.460. The van der Waals surface area contributed by atoms with Gasteiger partial charge >= 0.3 is 0 Å². The molecule has 1 heterocycles. The summed E-state index contributed by atoms with van der Waals surface area (Å²) < 4.78 is 0. The van der Waals surface area contributed by atoms with E-state index in [9.17, 15) is 5.11 Å². The van der Waals surface area contributed by atoms with E-state index in [0.717, 1.165) is 17.3 Å². The predicted octanol–water partition coefficient (Wildman–Crippen LogP) is 3.15. The maximum Gasteiger partial charge on any atom is 0.134 e. The van der Waals surface area contributed by atoms with Crippen LogP contribution in [0.25, 0.3) is 0 Å². The van der Waals surface area contributed by atoms with E-state index in [4.69, 9.17) is 0 Å². The van der Waals surface area contributed by atoms with E-state index in [1.807, 2.05) is 18.3 Å². The lowest BCUT2D eigenvalue weighted by Crippen LogP contribution is -2.36. The molecule has 1 atom stereocenters. The summed E-state index contributed by atoms with van der Waals surface area (Å²) in [5.74, 6) is 1.79. The zero-order valence-corrected chi connectivity index (χ0v) is 11.6. The van der Waals surface area contributed by atoms with Gasteiger partial charge in [0.05, 0.1) is 6.10 Å². The molecule has 1 aromatic heterocycles. The number of rotatable bonds is 3. The first kappa shape index (κ1) is 13.3. The molecule has 0 spiro atoms. The third-order valence-corrected chi connectivity index (χ3v) is 4.13. The van der Waals surface area contributed by atoms with Crippen LogP contribution in [0.5, 0.6) is 0 Å². The van der Waals surface area contributed by atoms with Gasteiger partial charge in [0.15, 0.2) is 0 Å². The van der Waals surface area contributed by atoms with E-state index in [2.05, 4.69) is 23.9 Å². The number of hydrogen-bond donors (Lipinski definition) is 1. The van der Waals surface area contributed by atoms with Crippen LogP contribution in [0.2, 0.25) is 0 Å². The highest BCUT2D eigenvalue weighted by molar-refractivity contribution is 5.48. The van der Waals surface area contributed by atoms with Crippen molar-refractivity contribution in [2.45, 2.75) is 51.7 Å². The zero-order valence-electron chi connectivity index (χ0n) is 11.6. The molecule has 0 unspecified atom stereocenters. The second-order valence-corrected chi connectivity index (χ2v) is 5.62. The summed E-state index contributed by atoms with van der Waals surface area (Å²) in [7, 11) is 2.11. The molecule has 0 amide bonds. The minimum absolute atomic E-state index is 0.460. The lowest BCUT2D eigenvalue weighted by atomic mass is 9.86. The normalized spacial score (nSPS) is 25.8. The number of aliphatic hydroxyl groups is 1. The third kappa shape index (κ3) is 2.83. The molecule has 2 rings (SSSR count). The van der Waals surface area contributed by atoms with Gasteiger partial charge in [-0.15, -0.1) is 0 Å². The summed E-state index contributed by atoms with van der Waals surface area (Å²) in [4.78, 5) is 6.72. The van der Waals surface area contributed by atoms with Crippen LogP contribution in [0, 0.1) is 5.92 Å². The molecule has 100 valence electrons. The molecule has 0 bridgehead atoms. The first-order chi connectivity index (χ1) is 8.59. The zero-order chi connectivity index (χ0) is 13.1. The smallest absolute Gasteiger partial charge is 0.134 e. The van der Waals surface area contributed by atoms with Crippen LogP contribution in [0.15, 0.2) is 18.3 Å². The topological polar surface area (TPSA) is 36.4 Å². The molecule has 1 aliphatic carbocycles. The molecule has 0 aliphatic heterocycles. The molecule has 3 heteroatoms. The highest BCUT2D eigenvalue weighted by atomic mass is 16.3. The van der Waals surface area contributed by atoms with Gasteiger partial charge in [-0.1, -0.05) is 13.0 Å². The highest BCUT2D eigenvalue weighted by Crippen LogP contribution is 2.31. The van der Waals surface area contributed by atoms with E-state index in [1.54, 1.807) is 6.92 Å². The van der Waals surface area contributed by atoms with E-state index in [1.165, 1.54) is 25.7 Å². The number of hydrogen-bond acceptors (Lipinski definition) is 3. The van der Waals surface area contributed by atoms with Crippen molar-refractivity contribution in [3.63, 3.8) is 0 Å². The quantitative estimate of drug-likeness (QED) is 0.892. The summed E-state index contributed by atoms with van der Waals surface area (Å²) in [5, 5.41) is 9.83. The lowest BCUT2D eigenvalue weighted by Gasteiger charge is -2.35. The van der Waals surface area contributed by atoms with Crippen molar-refractivity contribution in [2.24, 2.45) is 5.92 Å². The number of aromatic nitrogens is 1. The number of anilines is 1. The Balaban J connectivity index is 2.15. The van der Waals surface area contributed by atoms with Crippen LogP contribution >= 0.6 is 0 Å². The van der Waals surface area contributed by atoms with Crippen molar-refractivity contribution in [3.8, 4) is 0 Å². The van der Waals surface area contributed by atoms with Gasteiger partial charge in [-0.05, 0) is 44.6 Å². The van der Waals surface area contributed by atoms with Gasteiger partial charge in [-0.3, -0.25) is 0 Å². The lowest BCUT2D eigenvalue weighted by molar-refractivity contribution is 0.199. The van der Waals surface area contributed by atoms with Crippen molar-refractivity contribution in [1.82, 2.24) is 4.98 Å². The maximum atomic E-state index is 9.83. The Morgan fingerprint density at radius 1 is 1.33 bits per heavy atom. The monoisotopic (exact) mass is 248 g/mol. The molecule has 0 aromatic carbocycles. The van der Waals surface area contributed by atoms with Crippen LogP contribution in [-0.4, -0.2) is 23.2 Å². The van der Waals surface area contributed by atoms with Crippen LogP contribution in [0.1, 0.15) is 51.2 Å². The Bertz CT molecular complexity index is 384. The molecular formula is C15H24N2O. The number of aliphatic hydroxyl groups excluding tert-OH is 1. The third-order valence-electron chi connectivity index (χ3n) is 4.13. The fourth-order valence-electron chi connectivity index (χ4n) is 2.83. The molecular weight excluding hydrogens is 224 g/mol. The van der Waals surface area contributed by atoms with E-state index in [-0.39, 0.29) is 0 Å². The van der Waals surface area contributed by atoms with Gasteiger partial charge in [0.25, 0.3) is 0 Å². The summed E-state index contributed by atoms with van der Waals surface area (Å²) in [5.41, 5.74) is 0.929. The molecule has 0 radical (unpaired) electrons. The van der Waals surface area contributed by atoms with E-state index < -0.39 is 6.10 Å². The van der Waals surface area contributed by atoms with Gasteiger partial charge in [0.1, 0.15) is 5.82 Å². The Morgan fingerprint density at radius 3 is 2.61 bits per heavy atom. The summed E-state index contributed by atoms with van der Waals surface area (Å²) in [6.07, 6.45) is 6.40. The molecule has 1 aromatic rings. The average Bonchev–Trinajstić information content (AvgIpc) is 2.39. The van der Waals surface area contributed by atoms with Crippen LogP contribution in [-0.2, 0) is 0 Å². The van der Waals surface area contributed by atoms with E-state index >= 15 is 0 Å². The fraction of sp³-hybridized carbons (Fsp3) is 0.667. The average molecular weight is 248 g/mol. The van der Waals surface area contributed by atoms with Gasteiger partial charge in [0, 0.05) is 24.8 Å². The van der Waals surface area contributed by atoms with Crippen molar-refractivity contribution < 1.29 is 5.11 Å². The summed E-state index contributed by atoms with van der Waals surface area (Å²) in [6, 6.07) is 4.42. The maximum absolute atomic E-state index is 9.83. The molecule has 3 nitrogen and oxygen atoms in total. The molecule has 1 N–H and O–H groups in total. The first-order valence-corrected chi connectivity index (χ1v) is 6.95. The Labute approximate surface area is 110 Å². The molecule has 18 heavy (non-hydrogen) atoms. The van der Waals surface area contributed by atoms with Gasteiger partial charge in [0.2, 0.25) is 0 Å². The summed E-state index contributed by atoms with van der Waals surface area (Å²) >= 11 is 0. The second-order valence-electron chi connectivity index (χ2n) is 5.62. The highest BCUT2D eigenvalue weighted by Gasteiger charge is 2.24. The number of pyridine rings is 1. The van der Waals surface area contributed by atoms with Crippen molar-refractivity contribution >= 4 is 5.82 Å². The Morgan fingerprint density at radius 2 is 2.00 bits per heavy atom. The van der Waals surface area contributed by atoms with Crippen molar-refractivity contribution in [2.75, 3.05) is 11.9 Å². The first-order valence-electron chi connectivity index (χ1n) is 6.95. The Kier molecular flexibility index (Phi) is 4.23. The largest absolute Gasteiger partial charge is 0.389 e. The SMILES string of the molecule is CC1CCC(N(C)c2ncccc2[C@H](C)O)CC1. The molecule has 1 aliphatic rings. The number of nitrogens with zero attached hydrogens (tertiary/aromatic N) is 2. The predicted molar refractivity (Wildman–Crippen MR) is 74.7 cm³/mol. The molecule has 0 saturated heterocycles. The molecule has 1 saturated carbocycles. The van der Waals surface area contributed by atoms with Crippen molar-refractivity contribution in [1.29, 1.82) is 0 Å². The minimum Gasteiger partial charge on any atom is -0.389 e. The van der Waals surface area contributed by atoms with Gasteiger partial charge in [-0.2, -0.15) is 0 Å². The second kappa shape index (κ2) is 5.70. The Hall–Kier alpha value is -1.09. The van der Waals surface area contributed by atoms with Crippen LogP contribution < -0.4 is 4.90 Å². The summed E-state index contributed by atoms with van der Waals surface area (Å²) in [6.45, 7) is 4.13. The fourth-order valence-corrected chi connectivity index (χ4v) is 2.83. The van der Waals surface area contributed by atoms with Gasteiger partial charge < -0.3 is 10.0 Å². The standard InChI is InChI=1S/C15H24N2O/c1-11-6-8-13(9-7-11)17(3)15-14(12(2)18)5-4-10-16-15/h4-5,10-13,18H,6-9H2,1-3H3/t11?,12-,13?/m0/s1.